The highest BCUT2D eigenvalue weighted by atomic mass is 16.2. The summed E-state index contributed by atoms with van der Waals surface area (Å²) in [5.41, 5.74) is 2.43. The molecule has 1 aromatic carbocycles. The van der Waals surface area contributed by atoms with Crippen LogP contribution in [-0.4, -0.2) is 18.9 Å². The quantitative estimate of drug-likeness (QED) is 0.277. The van der Waals surface area contributed by atoms with Crippen molar-refractivity contribution in [1.82, 2.24) is 5.43 Å². The first-order chi connectivity index (χ1) is 6.66. The summed E-state index contributed by atoms with van der Waals surface area (Å²) in [6.45, 7) is 0. The fourth-order valence-electron chi connectivity index (χ4n) is 0.983. The van der Waals surface area contributed by atoms with Crippen molar-refractivity contribution in [2.24, 2.45) is 5.84 Å². The van der Waals surface area contributed by atoms with E-state index in [0.717, 1.165) is 0 Å². The molecule has 0 aliphatic rings. The third kappa shape index (κ3) is 2.08. The highest BCUT2D eigenvalue weighted by molar-refractivity contribution is 6.40. The Bertz CT molecular complexity index is 337. The minimum atomic E-state index is -0.837. The van der Waals surface area contributed by atoms with Gasteiger partial charge in [0.2, 0.25) is 0 Å². The Kier molecular flexibility index (Phi) is 3.19. The predicted octanol–water partition coefficient (Wildman–Crippen LogP) is -0.361. The van der Waals surface area contributed by atoms with Crippen molar-refractivity contribution >= 4 is 17.5 Å². The Morgan fingerprint density at radius 1 is 1.29 bits per heavy atom. The molecule has 0 spiro atoms. The largest absolute Gasteiger partial charge is 0.323 e. The first kappa shape index (κ1) is 10.2. The molecule has 5 heteroatoms. The van der Waals surface area contributed by atoms with Crippen molar-refractivity contribution < 1.29 is 9.59 Å². The van der Waals surface area contributed by atoms with E-state index in [9.17, 15) is 9.59 Å². The summed E-state index contributed by atoms with van der Waals surface area (Å²) >= 11 is 0. The maximum absolute atomic E-state index is 11.3. The summed E-state index contributed by atoms with van der Waals surface area (Å²) in [7, 11) is 1.51. The van der Waals surface area contributed by atoms with Gasteiger partial charge in [0.05, 0.1) is 0 Å². The molecule has 0 saturated heterocycles. The fourth-order valence-corrected chi connectivity index (χ4v) is 0.983. The van der Waals surface area contributed by atoms with Crippen LogP contribution in [0.4, 0.5) is 5.69 Å². The van der Waals surface area contributed by atoms with Crippen LogP contribution in [0.5, 0.6) is 0 Å². The molecule has 0 aromatic heterocycles. The number of rotatable bonds is 1. The van der Waals surface area contributed by atoms with E-state index in [2.05, 4.69) is 0 Å². The van der Waals surface area contributed by atoms with E-state index >= 15 is 0 Å². The van der Waals surface area contributed by atoms with Crippen LogP contribution in [0.3, 0.4) is 0 Å². The molecule has 14 heavy (non-hydrogen) atoms. The average molecular weight is 193 g/mol. The number of hydrogen-bond acceptors (Lipinski definition) is 3. The van der Waals surface area contributed by atoms with Crippen molar-refractivity contribution in [3.63, 3.8) is 0 Å². The Balaban J connectivity index is 2.81. The smallest absolute Gasteiger partial charge is 0.307 e. The van der Waals surface area contributed by atoms with Gasteiger partial charge in [0.1, 0.15) is 0 Å². The molecule has 0 atom stereocenters. The third-order valence-corrected chi connectivity index (χ3v) is 1.77. The van der Waals surface area contributed by atoms with Gasteiger partial charge in [0, 0.05) is 12.7 Å². The van der Waals surface area contributed by atoms with Crippen molar-refractivity contribution in [3.05, 3.63) is 30.3 Å². The number of nitrogens with zero attached hydrogens (tertiary/aromatic N) is 1. The normalized spacial score (nSPS) is 9.29. The summed E-state index contributed by atoms with van der Waals surface area (Å²) in [6.07, 6.45) is 0. The van der Waals surface area contributed by atoms with E-state index in [1.165, 1.54) is 11.9 Å². The number of benzene rings is 1. The first-order valence-corrected chi connectivity index (χ1v) is 4.00. The molecule has 0 fully saturated rings. The topological polar surface area (TPSA) is 75.4 Å². The van der Waals surface area contributed by atoms with Gasteiger partial charge in [-0.05, 0) is 12.1 Å². The van der Waals surface area contributed by atoms with Crippen LogP contribution >= 0.6 is 0 Å². The van der Waals surface area contributed by atoms with Gasteiger partial charge in [0.25, 0.3) is 0 Å². The number of nitrogens with two attached hydrogens (primary N) is 1. The van der Waals surface area contributed by atoms with Gasteiger partial charge >= 0.3 is 11.8 Å². The standard InChI is InChI=1S/C9H11N3O2/c1-12(9(14)8(13)11-10)7-5-3-2-4-6-7/h2-6H,10H2,1H3,(H,11,13). The van der Waals surface area contributed by atoms with Gasteiger partial charge in [-0.2, -0.15) is 0 Å². The van der Waals surface area contributed by atoms with E-state index < -0.39 is 11.8 Å². The molecule has 0 heterocycles. The Hall–Kier alpha value is -1.88. The monoisotopic (exact) mass is 193 g/mol. The zero-order valence-corrected chi connectivity index (χ0v) is 7.73. The molecule has 1 aromatic rings. The maximum Gasteiger partial charge on any atom is 0.323 e. The van der Waals surface area contributed by atoms with Crippen molar-refractivity contribution in [2.75, 3.05) is 11.9 Å². The molecule has 0 unspecified atom stereocenters. The van der Waals surface area contributed by atoms with Crippen LogP contribution in [0.2, 0.25) is 0 Å². The van der Waals surface area contributed by atoms with Gasteiger partial charge in [-0.15, -0.1) is 0 Å². The van der Waals surface area contributed by atoms with Gasteiger partial charge in [-0.3, -0.25) is 15.0 Å². The molecule has 74 valence electrons. The molecule has 1 rings (SSSR count). The van der Waals surface area contributed by atoms with Crippen LogP contribution in [0.25, 0.3) is 0 Å². The summed E-state index contributed by atoms with van der Waals surface area (Å²) in [5.74, 6) is 3.31. The van der Waals surface area contributed by atoms with E-state index in [1.807, 2.05) is 6.07 Å². The van der Waals surface area contributed by atoms with E-state index in [4.69, 9.17) is 5.84 Å². The number of hydrazine groups is 1. The second-order valence-corrected chi connectivity index (χ2v) is 2.67. The minimum Gasteiger partial charge on any atom is -0.307 e. The van der Waals surface area contributed by atoms with Gasteiger partial charge in [-0.25, -0.2) is 5.84 Å². The van der Waals surface area contributed by atoms with Crippen molar-refractivity contribution in [1.29, 1.82) is 0 Å². The zero-order chi connectivity index (χ0) is 10.6. The molecule has 0 radical (unpaired) electrons. The van der Waals surface area contributed by atoms with E-state index in [1.54, 1.807) is 29.7 Å². The number of carbonyl (C=O) groups excluding carboxylic acids is 2. The zero-order valence-electron chi connectivity index (χ0n) is 7.73. The Morgan fingerprint density at radius 2 is 1.86 bits per heavy atom. The van der Waals surface area contributed by atoms with Gasteiger partial charge in [0.15, 0.2) is 0 Å². The molecule has 0 bridgehead atoms. The number of likely N-dealkylation sites (N-methyl/N-ethyl adjacent to an activating group) is 1. The molecule has 0 aliphatic heterocycles. The lowest BCUT2D eigenvalue weighted by Crippen LogP contribution is -2.44. The molecular formula is C9H11N3O2. The lowest BCUT2D eigenvalue weighted by Gasteiger charge is -2.15. The summed E-state index contributed by atoms with van der Waals surface area (Å²) in [5, 5.41) is 0. The number of carbonyl (C=O) groups is 2. The molecule has 2 amide bonds. The third-order valence-electron chi connectivity index (χ3n) is 1.77. The summed E-state index contributed by atoms with van der Waals surface area (Å²) in [4.78, 5) is 23.4. The number of nitrogens with one attached hydrogen (secondary N) is 1. The van der Waals surface area contributed by atoms with Crippen molar-refractivity contribution in [2.45, 2.75) is 0 Å². The highest BCUT2D eigenvalue weighted by Gasteiger charge is 2.17. The second-order valence-electron chi connectivity index (χ2n) is 2.67. The Morgan fingerprint density at radius 3 is 2.36 bits per heavy atom. The van der Waals surface area contributed by atoms with Crippen LogP contribution in [0, 0.1) is 0 Å². The summed E-state index contributed by atoms with van der Waals surface area (Å²) < 4.78 is 0. The van der Waals surface area contributed by atoms with E-state index in [0.29, 0.717) is 5.69 Å². The van der Waals surface area contributed by atoms with E-state index in [-0.39, 0.29) is 0 Å². The molecule has 5 nitrogen and oxygen atoms in total. The number of anilines is 1. The lowest BCUT2D eigenvalue weighted by atomic mass is 10.3. The molecule has 0 aliphatic carbocycles. The van der Waals surface area contributed by atoms with Crippen LogP contribution in [0.15, 0.2) is 30.3 Å². The SMILES string of the molecule is CN(C(=O)C(=O)NN)c1ccccc1. The highest BCUT2D eigenvalue weighted by Crippen LogP contribution is 2.10. The van der Waals surface area contributed by atoms with Gasteiger partial charge < -0.3 is 4.90 Å². The molecule has 3 N–H and O–H groups in total. The predicted molar refractivity (Wildman–Crippen MR) is 52.2 cm³/mol. The van der Waals surface area contributed by atoms with Crippen LogP contribution in [-0.2, 0) is 9.59 Å². The second kappa shape index (κ2) is 4.38. The first-order valence-electron chi connectivity index (χ1n) is 4.00. The lowest BCUT2D eigenvalue weighted by molar-refractivity contribution is -0.137. The fraction of sp³-hybridized carbons (Fsp3) is 0.111. The maximum atomic E-state index is 11.3. The Labute approximate surface area is 81.5 Å². The number of hydrogen-bond donors (Lipinski definition) is 2. The summed E-state index contributed by atoms with van der Waals surface area (Å²) in [6, 6.07) is 8.83. The molecular weight excluding hydrogens is 182 g/mol. The van der Waals surface area contributed by atoms with Crippen LogP contribution in [0.1, 0.15) is 0 Å². The van der Waals surface area contributed by atoms with Gasteiger partial charge in [-0.1, -0.05) is 18.2 Å². The number of para-hydroxylation sites is 1. The van der Waals surface area contributed by atoms with Crippen molar-refractivity contribution in [3.8, 4) is 0 Å². The number of amides is 2. The van der Waals surface area contributed by atoms with Crippen LogP contribution < -0.4 is 16.2 Å². The molecule has 0 saturated carbocycles. The minimum absolute atomic E-state index is 0.640. The average Bonchev–Trinajstić information content (AvgIpc) is 2.27.